The first-order valence-corrected chi connectivity index (χ1v) is 11.5. The number of thiazole rings is 1. The quantitative estimate of drug-likeness (QED) is 0.508. The molecule has 0 aliphatic carbocycles. The maximum atomic E-state index is 11.9. The van der Waals surface area contributed by atoms with Crippen LogP contribution in [0.4, 0.5) is 0 Å². The van der Waals surface area contributed by atoms with Crippen molar-refractivity contribution in [3.8, 4) is 0 Å². The number of piperidine rings is 1. The van der Waals surface area contributed by atoms with Gasteiger partial charge in [-0.05, 0) is 63.4 Å². The van der Waals surface area contributed by atoms with E-state index in [-0.39, 0.29) is 5.91 Å². The van der Waals surface area contributed by atoms with Crippen molar-refractivity contribution in [3.63, 3.8) is 0 Å². The van der Waals surface area contributed by atoms with Gasteiger partial charge in [-0.2, -0.15) is 0 Å². The zero-order valence-corrected chi connectivity index (χ0v) is 17.2. The summed E-state index contributed by atoms with van der Waals surface area (Å²) in [7, 11) is 0. The third kappa shape index (κ3) is 6.25. The number of thioether (sulfide) groups is 1. The van der Waals surface area contributed by atoms with E-state index < -0.39 is 0 Å². The average molecular weight is 392 g/mol. The monoisotopic (exact) mass is 391 g/mol. The van der Waals surface area contributed by atoms with Crippen molar-refractivity contribution < 1.29 is 4.79 Å². The van der Waals surface area contributed by atoms with Crippen molar-refractivity contribution in [2.75, 3.05) is 31.9 Å². The molecule has 1 aromatic carbocycles. The van der Waals surface area contributed by atoms with Gasteiger partial charge in [0, 0.05) is 18.7 Å². The summed E-state index contributed by atoms with van der Waals surface area (Å²) < 4.78 is 2.33. The Hall–Kier alpha value is -1.11. The normalized spacial score (nSPS) is 16.2. The van der Waals surface area contributed by atoms with Crippen LogP contribution in [0.3, 0.4) is 0 Å². The van der Waals surface area contributed by atoms with Gasteiger partial charge < -0.3 is 10.2 Å². The second kappa shape index (κ2) is 10.3. The smallest absolute Gasteiger partial charge is 0.220 e. The van der Waals surface area contributed by atoms with Gasteiger partial charge in [0.05, 0.1) is 10.2 Å². The molecule has 1 aliphatic rings. The van der Waals surface area contributed by atoms with Crippen LogP contribution >= 0.6 is 23.1 Å². The highest BCUT2D eigenvalue weighted by molar-refractivity contribution is 8.01. The first-order chi connectivity index (χ1) is 12.7. The van der Waals surface area contributed by atoms with Crippen molar-refractivity contribution in [1.82, 2.24) is 15.2 Å². The number of carbonyl (C=O) groups excluding carboxylic acids is 1. The first kappa shape index (κ1) is 19.6. The highest BCUT2D eigenvalue weighted by atomic mass is 32.2. The lowest BCUT2D eigenvalue weighted by molar-refractivity contribution is -0.121. The van der Waals surface area contributed by atoms with E-state index in [1.807, 2.05) is 18.2 Å². The molecule has 1 fully saturated rings. The highest BCUT2D eigenvalue weighted by Gasteiger charge is 2.14. The number of hydrogen-bond acceptors (Lipinski definition) is 5. The van der Waals surface area contributed by atoms with Gasteiger partial charge in [-0.15, -0.1) is 11.3 Å². The van der Waals surface area contributed by atoms with Gasteiger partial charge >= 0.3 is 0 Å². The fourth-order valence-corrected chi connectivity index (χ4v) is 5.29. The van der Waals surface area contributed by atoms with Crippen LogP contribution in [0.25, 0.3) is 10.2 Å². The number of hydrogen-bond donors (Lipinski definition) is 1. The number of likely N-dealkylation sites (tertiary alicyclic amines) is 1. The third-order valence-electron chi connectivity index (χ3n) is 4.90. The summed E-state index contributed by atoms with van der Waals surface area (Å²) in [6.45, 7) is 6.69. The predicted octanol–water partition coefficient (Wildman–Crippen LogP) is 4.41. The number of amides is 1. The van der Waals surface area contributed by atoms with Crippen molar-refractivity contribution >= 4 is 39.2 Å². The van der Waals surface area contributed by atoms with Gasteiger partial charge in [0.15, 0.2) is 4.34 Å². The molecule has 0 unspecified atom stereocenters. The van der Waals surface area contributed by atoms with Crippen LogP contribution in [0.15, 0.2) is 28.6 Å². The van der Waals surface area contributed by atoms with Gasteiger partial charge in [0.2, 0.25) is 5.91 Å². The summed E-state index contributed by atoms with van der Waals surface area (Å²) in [5, 5.41) is 3.06. The number of nitrogens with zero attached hydrogens (tertiary/aromatic N) is 2. The lowest BCUT2D eigenvalue weighted by Gasteiger charge is -2.30. The van der Waals surface area contributed by atoms with E-state index in [0.29, 0.717) is 6.42 Å². The largest absolute Gasteiger partial charge is 0.356 e. The van der Waals surface area contributed by atoms with Crippen LogP contribution in [0, 0.1) is 5.92 Å². The number of nitrogens with one attached hydrogen (secondary N) is 1. The molecule has 3 rings (SSSR count). The van der Waals surface area contributed by atoms with E-state index in [0.717, 1.165) is 47.5 Å². The van der Waals surface area contributed by atoms with E-state index in [4.69, 9.17) is 0 Å². The number of carbonyl (C=O) groups is 1. The standard InChI is InChI=1S/C20H29N3OS2/c1-16-9-13-23(14-10-16)12-5-11-21-19(24)8-4-15-25-20-22-17-6-2-3-7-18(17)26-20/h2-3,6-7,16H,4-5,8-15H2,1H3,(H,21,24). The van der Waals surface area contributed by atoms with Crippen LogP contribution < -0.4 is 5.32 Å². The molecular weight excluding hydrogens is 362 g/mol. The zero-order valence-electron chi connectivity index (χ0n) is 15.6. The highest BCUT2D eigenvalue weighted by Crippen LogP contribution is 2.29. The molecule has 1 aromatic heterocycles. The molecule has 1 N–H and O–H groups in total. The van der Waals surface area contributed by atoms with Crippen molar-refractivity contribution in [1.29, 1.82) is 0 Å². The summed E-state index contributed by atoms with van der Waals surface area (Å²) >= 11 is 3.49. The number of aromatic nitrogens is 1. The van der Waals surface area contributed by atoms with Gasteiger partial charge in [-0.25, -0.2) is 4.98 Å². The lowest BCUT2D eigenvalue weighted by atomic mass is 9.99. The van der Waals surface area contributed by atoms with Gasteiger partial charge in [-0.1, -0.05) is 30.8 Å². The summed E-state index contributed by atoms with van der Waals surface area (Å²) in [4.78, 5) is 19.1. The van der Waals surface area contributed by atoms with Crippen LogP contribution in [-0.2, 0) is 4.79 Å². The molecule has 0 bridgehead atoms. The zero-order chi connectivity index (χ0) is 18.2. The lowest BCUT2D eigenvalue weighted by Crippen LogP contribution is -2.35. The number of para-hydroxylation sites is 1. The molecule has 1 aliphatic heterocycles. The molecule has 6 heteroatoms. The molecule has 0 saturated carbocycles. The number of rotatable bonds is 9. The summed E-state index contributed by atoms with van der Waals surface area (Å²) in [5.74, 6) is 2.01. The Labute approximate surface area is 164 Å². The van der Waals surface area contributed by atoms with Crippen molar-refractivity contribution in [3.05, 3.63) is 24.3 Å². The van der Waals surface area contributed by atoms with Crippen molar-refractivity contribution in [2.24, 2.45) is 5.92 Å². The fraction of sp³-hybridized carbons (Fsp3) is 0.600. The topological polar surface area (TPSA) is 45.2 Å². The molecule has 1 saturated heterocycles. The maximum absolute atomic E-state index is 11.9. The average Bonchev–Trinajstić information content (AvgIpc) is 3.07. The Bertz CT molecular complexity index is 662. The predicted molar refractivity (Wildman–Crippen MR) is 112 cm³/mol. The molecule has 2 heterocycles. The summed E-state index contributed by atoms with van der Waals surface area (Å²) in [6, 6.07) is 8.22. The van der Waals surface area contributed by atoms with Gasteiger partial charge in [0.25, 0.3) is 0 Å². The Morgan fingerprint density at radius 1 is 1.31 bits per heavy atom. The minimum atomic E-state index is 0.183. The summed E-state index contributed by atoms with van der Waals surface area (Å²) in [5.41, 5.74) is 1.07. The molecule has 1 amide bonds. The van der Waals surface area contributed by atoms with E-state index in [1.54, 1.807) is 23.1 Å². The second-order valence-electron chi connectivity index (χ2n) is 7.13. The van der Waals surface area contributed by atoms with Crippen LogP contribution in [-0.4, -0.2) is 47.7 Å². The number of fused-ring (bicyclic) bond motifs is 1. The molecule has 4 nitrogen and oxygen atoms in total. The number of benzene rings is 1. The van der Waals surface area contributed by atoms with E-state index in [2.05, 4.69) is 28.2 Å². The van der Waals surface area contributed by atoms with Crippen LogP contribution in [0.1, 0.15) is 39.0 Å². The Balaban J connectivity index is 1.23. The second-order valence-corrected chi connectivity index (χ2v) is 9.50. The van der Waals surface area contributed by atoms with Crippen LogP contribution in [0.5, 0.6) is 0 Å². The Morgan fingerprint density at radius 3 is 2.92 bits per heavy atom. The molecule has 0 radical (unpaired) electrons. The first-order valence-electron chi connectivity index (χ1n) is 9.68. The minimum absolute atomic E-state index is 0.183. The molecule has 142 valence electrons. The molecular formula is C20H29N3OS2. The summed E-state index contributed by atoms with van der Waals surface area (Å²) in [6.07, 6.45) is 5.20. The van der Waals surface area contributed by atoms with E-state index in [9.17, 15) is 4.79 Å². The fourth-order valence-electron chi connectivity index (χ4n) is 3.21. The van der Waals surface area contributed by atoms with Gasteiger partial charge in [-0.3, -0.25) is 4.79 Å². The van der Waals surface area contributed by atoms with E-state index in [1.165, 1.54) is 30.6 Å². The minimum Gasteiger partial charge on any atom is -0.356 e. The Morgan fingerprint density at radius 2 is 2.12 bits per heavy atom. The maximum Gasteiger partial charge on any atom is 0.220 e. The molecule has 0 spiro atoms. The van der Waals surface area contributed by atoms with E-state index >= 15 is 0 Å². The third-order valence-corrected chi connectivity index (χ3v) is 7.16. The molecule has 0 atom stereocenters. The molecule has 2 aromatic rings. The van der Waals surface area contributed by atoms with Crippen molar-refractivity contribution in [2.45, 2.75) is 43.4 Å². The molecule has 26 heavy (non-hydrogen) atoms. The SMILES string of the molecule is CC1CCN(CCCNC(=O)CCCSc2nc3ccccc3s2)CC1. The Kier molecular flexibility index (Phi) is 7.77. The van der Waals surface area contributed by atoms with Crippen LogP contribution in [0.2, 0.25) is 0 Å². The van der Waals surface area contributed by atoms with Gasteiger partial charge in [0.1, 0.15) is 0 Å².